The molecule has 1 saturated heterocycles. The molecule has 0 radical (unpaired) electrons. The van der Waals surface area contributed by atoms with Gasteiger partial charge in [0.25, 0.3) is 0 Å². The second kappa shape index (κ2) is 7.87. The molecule has 3 aromatic heterocycles. The highest BCUT2D eigenvalue weighted by Crippen LogP contribution is 2.27. The van der Waals surface area contributed by atoms with Crippen molar-refractivity contribution in [1.82, 2.24) is 19.9 Å². The van der Waals surface area contributed by atoms with Gasteiger partial charge >= 0.3 is 0 Å². The van der Waals surface area contributed by atoms with Crippen molar-refractivity contribution in [2.24, 2.45) is 0 Å². The molecule has 29 heavy (non-hydrogen) atoms. The summed E-state index contributed by atoms with van der Waals surface area (Å²) in [7, 11) is 0. The van der Waals surface area contributed by atoms with Crippen LogP contribution in [-0.4, -0.2) is 51.3 Å². The van der Waals surface area contributed by atoms with Crippen LogP contribution in [-0.2, 0) is 11.3 Å². The van der Waals surface area contributed by atoms with E-state index in [-0.39, 0.29) is 5.75 Å². The quantitative estimate of drug-likeness (QED) is 0.555. The number of phenolic OH excluding ortho intramolecular Hbond substituents is 1. The Kier molecular flexibility index (Phi) is 4.93. The largest absolute Gasteiger partial charge is 0.508 e. The molecule has 6 nitrogen and oxygen atoms in total. The first-order chi connectivity index (χ1) is 14.2. The molecular weight excluding hydrogens is 384 g/mol. The van der Waals surface area contributed by atoms with Crippen LogP contribution < -0.4 is 0 Å². The summed E-state index contributed by atoms with van der Waals surface area (Å²) in [6.07, 6.45) is 1.79. The maximum absolute atomic E-state index is 9.48. The topological polar surface area (TPSA) is 71.4 Å². The van der Waals surface area contributed by atoms with E-state index in [1.54, 1.807) is 41.8 Å². The van der Waals surface area contributed by atoms with Crippen LogP contribution in [0.5, 0.6) is 5.75 Å². The van der Waals surface area contributed by atoms with Crippen LogP contribution in [0.25, 0.3) is 33.7 Å². The fourth-order valence-corrected chi connectivity index (χ4v) is 4.32. The summed E-state index contributed by atoms with van der Waals surface area (Å²) in [5, 5.41) is 12.5. The van der Waals surface area contributed by atoms with Gasteiger partial charge in [-0.2, -0.15) is 0 Å². The summed E-state index contributed by atoms with van der Waals surface area (Å²) in [6, 6.07) is 13.1. The zero-order valence-electron chi connectivity index (χ0n) is 15.8. The van der Waals surface area contributed by atoms with Gasteiger partial charge in [0.15, 0.2) is 11.5 Å². The van der Waals surface area contributed by atoms with Gasteiger partial charge in [-0.25, -0.2) is 15.0 Å². The highest BCUT2D eigenvalue weighted by atomic mass is 32.1. The SMILES string of the molecule is Oc1ccc(-c2ncc3ccc(-c4csc(CN5CCOCC5)c4)nc3n2)cc1. The first kappa shape index (κ1) is 18.2. The summed E-state index contributed by atoms with van der Waals surface area (Å²) < 4.78 is 5.43. The minimum absolute atomic E-state index is 0.222. The summed E-state index contributed by atoms with van der Waals surface area (Å²) in [6.45, 7) is 4.55. The second-order valence-corrected chi connectivity index (χ2v) is 8.04. The Balaban J connectivity index is 1.42. The number of rotatable bonds is 4. The van der Waals surface area contributed by atoms with E-state index >= 15 is 0 Å². The number of ether oxygens (including phenoxy) is 1. The van der Waals surface area contributed by atoms with E-state index in [0.717, 1.165) is 55.1 Å². The minimum Gasteiger partial charge on any atom is -0.508 e. The Bertz CT molecular complexity index is 1140. The van der Waals surface area contributed by atoms with E-state index in [1.807, 2.05) is 12.1 Å². The molecule has 0 bridgehead atoms. The molecule has 1 aliphatic rings. The Morgan fingerprint density at radius 1 is 1.00 bits per heavy atom. The standard InChI is InChI=1S/C22H20N4O2S/c27-18-4-1-15(2-5-18)21-23-12-16-3-6-20(24-22(16)25-21)17-11-19(29-14-17)13-26-7-9-28-10-8-26/h1-6,11-12,14,27H,7-10,13H2. The monoisotopic (exact) mass is 404 g/mol. The third-order valence-corrected chi connectivity index (χ3v) is 5.92. The van der Waals surface area contributed by atoms with Crippen LogP contribution in [0.1, 0.15) is 4.88 Å². The van der Waals surface area contributed by atoms with E-state index in [9.17, 15) is 5.11 Å². The van der Waals surface area contributed by atoms with Crippen molar-refractivity contribution in [3.63, 3.8) is 0 Å². The summed E-state index contributed by atoms with van der Waals surface area (Å²) >= 11 is 1.77. The van der Waals surface area contributed by atoms with Crippen molar-refractivity contribution in [2.45, 2.75) is 6.54 Å². The maximum atomic E-state index is 9.48. The van der Waals surface area contributed by atoms with Gasteiger partial charge in [-0.05, 0) is 42.5 Å². The number of hydrogen-bond donors (Lipinski definition) is 1. The molecule has 1 aliphatic heterocycles. The molecule has 7 heteroatoms. The summed E-state index contributed by atoms with van der Waals surface area (Å²) in [4.78, 5) is 17.6. The molecule has 1 N–H and O–H groups in total. The van der Waals surface area contributed by atoms with E-state index in [1.165, 1.54) is 4.88 Å². The smallest absolute Gasteiger partial charge is 0.163 e. The van der Waals surface area contributed by atoms with Gasteiger partial charge in [0, 0.05) is 52.6 Å². The fraction of sp³-hybridized carbons (Fsp3) is 0.227. The number of pyridine rings is 1. The number of aromatic hydroxyl groups is 1. The lowest BCUT2D eigenvalue weighted by molar-refractivity contribution is 0.0346. The summed E-state index contributed by atoms with van der Waals surface area (Å²) in [5.41, 5.74) is 3.55. The number of phenols is 1. The van der Waals surface area contributed by atoms with Gasteiger partial charge in [0.2, 0.25) is 0 Å². The van der Waals surface area contributed by atoms with E-state index in [2.05, 4.69) is 26.3 Å². The van der Waals surface area contributed by atoms with Crippen molar-refractivity contribution >= 4 is 22.4 Å². The average molecular weight is 404 g/mol. The van der Waals surface area contributed by atoms with Crippen LogP contribution >= 0.6 is 11.3 Å². The number of thiophene rings is 1. The first-order valence-electron chi connectivity index (χ1n) is 9.56. The number of fused-ring (bicyclic) bond motifs is 1. The second-order valence-electron chi connectivity index (χ2n) is 7.04. The zero-order valence-corrected chi connectivity index (χ0v) is 16.6. The molecule has 0 amide bonds. The molecule has 146 valence electrons. The Morgan fingerprint density at radius 2 is 1.83 bits per heavy atom. The molecule has 1 aromatic carbocycles. The molecule has 4 heterocycles. The minimum atomic E-state index is 0.222. The van der Waals surface area contributed by atoms with E-state index in [4.69, 9.17) is 9.72 Å². The van der Waals surface area contributed by atoms with Crippen LogP contribution in [0.3, 0.4) is 0 Å². The predicted octanol–water partition coefficient (Wildman–Crippen LogP) is 3.96. The first-order valence-corrected chi connectivity index (χ1v) is 10.4. The normalized spacial score (nSPS) is 15.0. The molecule has 0 aliphatic carbocycles. The average Bonchev–Trinajstić information content (AvgIpc) is 3.23. The molecule has 5 rings (SSSR count). The zero-order chi connectivity index (χ0) is 19.6. The van der Waals surface area contributed by atoms with Crippen molar-refractivity contribution in [2.75, 3.05) is 26.3 Å². The Hall–Kier alpha value is -2.87. The maximum Gasteiger partial charge on any atom is 0.163 e. The lowest BCUT2D eigenvalue weighted by atomic mass is 10.1. The number of aromatic nitrogens is 3. The van der Waals surface area contributed by atoms with Gasteiger partial charge in [0.05, 0.1) is 18.9 Å². The van der Waals surface area contributed by atoms with Crippen molar-refractivity contribution in [3.05, 3.63) is 58.9 Å². The Morgan fingerprint density at radius 3 is 2.66 bits per heavy atom. The van der Waals surface area contributed by atoms with E-state index in [0.29, 0.717) is 11.5 Å². The number of morpholine rings is 1. The lowest BCUT2D eigenvalue weighted by Crippen LogP contribution is -2.35. The molecule has 4 aromatic rings. The van der Waals surface area contributed by atoms with Crippen LogP contribution in [0.2, 0.25) is 0 Å². The molecule has 0 spiro atoms. The third kappa shape index (κ3) is 3.98. The van der Waals surface area contributed by atoms with Crippen molar-refractivity contribution in [3.8, 4) is 28.4 Å². The highest BCUT2D eigenvalue weighted by molar-refractivity contribution is 7.10. The molecular formula is C22H20N4O2S. The van der Waals surface area contributed by atoms with E-state index < -0.39 is 0 Å². The number of benzene rings is 1. The van der Waals surface area contributed by atoms with Crippen LogP contribution in [0.15, 0.2) is 54.0 Å². The Labute approximate surface area is 172 Å². The van der Waals surface area contributed by atoms with Gasteiger partial charge < -0.3 is 9.84 Å². The number of nitrogens with zero attached hydrogens (tertiary/aromatic N) is 4. The fourth-order valence-electron chi connectivity index (χ4n) is 3.40. The number of hydrogen-bond acceptors (Lipinski definition) is 7. The van der Waals surface area contributed by atoms with Gasteiger partial charge in [-0.15, -0.1) is 11.3 Å². The highest BCUT2D eigenvalue weighted by Gasteiger charge is 2.13. The molecule has 0 unspecified atom stereocenters. The van der Waals surface area contributed by atoms with Gasteiger partial charge in [0.1, 0.15) is 5.75 Å². The van der Waals surface area contributed by atoms with Crippen LogP contribution in [0.4, 0.5) is 0 Å². The third-order valence-electron chi connectivity index (χ3n) is 5.00. The lowest BCUT2D eigenvalue weighted by Gasteiger charge is -2.25. The molecule has 0 atom stereocenters. The molecule has 1 fully saturated rings. The van der Waals surface area contributed by atoms with Gasteiger partial charge in [-0.1, -0.05) is 0 Å². The van der Waals surface area contributed by atoms with Crippen LogP contribution in [0, 0.1) is 0 Å². The van der Waals surface area contributed by atoms with Gasteiger partial charge in [-0.3, -0.25) is 4.90 Å². The van der Waals surface area contributed by atoms with Crippen molar-refractivity contribution in [1.29, 1.82) is 0 Å². The summed E-state index contributed by atoms with van der Waals surface area (Å²) in [5.74, 6) is 0.820. The predicted molar refractivity (Wildman–Crippen MR) is 114 cm³/mol. The molecule has 0 saturated carbocycles. The van der Waals surface area contributed by atoms with Crippen molar-refractivity contribution < 1.29 is 9.84 Å².